The van der Waals surface area contributed by atoms with Crippen LogP contribution in [0.3, 0.4) is 0 Å². The summed E-state index contributed by atoms with van der Waals surface area (Å²) in [5.41, 5.74) is 0.748. The molecule has 0 amide bonds. The third-order valence-corrected chi connectivity index (χ3v) is 3.26. The molecule has 0 saturated carbocycles. The number of aliphatic hydroxyl groups is 1. The van der Waals surface area contributed by atoms with Gasteiger partial charge in [-0.15, -0.1) is 0 Å². The molecule has 0 aromatic carbocycles. The van der Waals surface area contributed by atoms with Crippen LogP contribution in [0.5, 0.6) is 0 Å². The quantitative estimate of drug-likeness (QED) is 0.215. The fourth-order valence-corrected chi connectivity index (χ4v) is 1.78. The minimum absolute atomic E-state index is 0.00981. The van der Waals surface area contributed by atoms with Gasteiger partial charge in [-0.1, -0.05) is 12.1 Å². The van der Waals surface area contributed by atoms with Crippen LogP contribution in [0.15, 0.2) is 54.9 Å². The number of carbonyl (C=O) groups is 5. The summed E-state index contributed by atoms with van der Waals surface area (Å²) in [6.45, 7) is 6.30. The molecule has 0 bridgehead atoms. The summed E-state index contributed by atoms with van der Waals surface area (Å²) >= 11 is 0. The van der Waals surface area contributed by atoms with Crippen molar-refractivity contribution in [1.29, 1.82) is 0 Å². The van der Waals surface area contributed by atoms with Crippen molar-refractivity contribution in [3.63, 3.8) is 0 Å². The van der Waals surface area contributed by atoms with Crippen molar-refractivity contribution in [2.45, 2.75) is 27.7 Å². The monoisotopic (exact) mass is 458 g/mol. The van der Waals surface area contributed by atoms with Crippen LogP contribution in [-0.4, -0.2) is 57.6 Å². The van der Waals surface area contributed by atoms with Crippen LogP contribution in [-0.2, 0) is 28.7 Å². The zero-order valence-corrected chi connectivity index (χ0v) is 18.8. The highest BCUT2D eigenvalue weighted by Gasteiger charge is 2.13. The van der Waals surface area contributed by atoms with Crippen molar-refractivity contribution >= 4 is 35.0 Å². The van der Waals surface area contributed by atoms with E-state index in [4.69, 9.17) is 0 Å². The number of rotatable bonds is 7. The third kappa shape index (κ3) is 12.9. The predicted molar refractivity (Wildman–Crippen MR) is 118 cm³/mol. The standard InChI is InChI=1S/C11H11NO4.C7H7NO.C5H8O3/c1-2-16-11(15)10(14)7-9(13)8-5-3-4-6-12-8;1-6(9)7-4-2-3-5-8-7;1-3-8-5(7)4(2)6/h3-7,13H,2H2,1H3;2-5H,1H3;3H2,1-2H3. The van der Waals surface area contributed by atoms with Crippen LogP contribution < -0.4 is 0 Å². The van der Waals surface area contributed by atoms with Crippen molar-refractivity contribution in [3.8, 4) is 0 Å². The number of nitrogens with zero attached hydrogens (tertiary/aromatic N) is 2. The lowest BCUT2D eigenvalue weighted by atomic mass is 10.2. The molecule has 0 spiro atoms. The van der Waals surface area contributed by atoms with E-state index in [0.29, 0.717) is 5.69 Å². The van der Waals surface area contributed by atoms with E-state index >= 15 is 0 Å². The molecule has 2 aromatic rings. The van der Waals surface area contributed by atoms with Gasteiger partial charge < -0.3 is 14.6 Å². The molecule has 0 aliphatic heterocycles. The second kappa shape index (κ2) is 16.5. The Labute approximate surface area is 191 Å². The average Bonchev–Trinajstić information content (AvgIpc) is 2.81. The molecule has 0 aliphatic carbocycles. The maximum Gasteiger partial charge on any atom is 0.379 e. The molecule has 10 nitrogen and oxygen atoms in total. The number of hydrogen-bond acceptors (Lipinski definition) is 10. The largest absolute Gasteiger partial charge is 0.506 e. The summed E-state index contributed by atoms with van der Waals surface area (Å²) < 4.78 is 8.79. The lowest BCUT2D eigenvalue weighted by molar-refractivity contribution is -0.152. The molecule has 10 heteroatoms. The summed E-state index contributed by atoms with van der Waals surface area (Å²) in [6, 6.07) is 10.1. The first kappa shape index (κ1) is 28.8. The summed E-state index contributed by atoms with van der Waals surface area (Å²) in [6.07, 6.45) is 3.87. The number of hydrogen-bond donors (Lipinski definition) is 1. The van der Waals surface area contributed by atoms with E-state index in [1.54, 1.807) is 50.4 Å². The van der Waals surface area contributed by atoms with Gasteiger partial charge in [0.1, 0.15) is 17.1 Å². The van der Waals surface area contributed by atoms with Crippen LogP contribution in [0.4, 0.5) is 0 Å². The first-order valence-corrected chi connectivity index (χ1v) is 9.76. The van der Waals surface area contributed by atoms with Crippen LogP contribution in [0.25, 0.3) is 5.76 Å². The molecule has 0 atom stereocenters. The Morgan fingerprint density at radius 2 is 1.30 bits per heavy atom. The SMILES string of the molecule is CC(=O)c1ccccn1.CCOC(=O)C(=O)C=C(O)c1ccccn1.CCOC(=O)C(C)=O. The first-order chi connectivity index (χ1) is 15.6. The topological polar surface area (TPSA) is 150 Å². The van der Waals surface area contributed by atoms with E-state index < -0.39 is 23.5 Å². The maximum absolute atomic E-state index is 11.2. The molecular weight excluding hydrogens is 432 g/mol. The van der Waals surface area contributed by atoms with E-state index in [9.17, 15) is 29.1 Å². The van der Waals surface area contributed by atoms with Crippen LogP contribution in [0.1, 0.15) is 43.9 Å². The fraction of sp³-hybridized carbons (Fsp3) is 0.261. The summed E-state index contributed by atoms with van der Waals surface area (Å²) in [5.74, 6) is -3.57. The van der Waals surface area contributed by atoms with Gasteiger partial charge >= 0.3 is 11.9 Å². The number of pyridine rings is 2. The van der Waals surface area contributed by atoms with Crippen molar-refractivity contribution in [3.05, 3.63) is 66.3 Å². The lowest BCUT2D eigenvalue weighted by Crippen LogP contribution is -2.15. The lowest BCUT2D eigenvalue weighted by Gasteiger charge is -1.99. The van der Waals surface area contributed by atoms with E-state index in [1.807, 2.05) is 0 Å². The fourth-order valence-electron chi connectivity index (χ4n) is 1.78. The van der Waals surface area contributed by atoms with Gasteiger partial charge in [0.05, 0.1) is 13.2 Å². The third-order valence-electron chi connectivity index (χ3n) is 3.26. The van der Waals surface area contributed by atoms with Crippen molar-refractivity contribution < 1.29 is 38.6 Å². The van der Waals surface area contributed by atoms with Crippen LogP contribution in [0, 0.1) is 0 Å². The highest BCUT2D eigenvalue weighted by Crippen LogP contribution is 2.06. The molecular formula is C23H26N2O8. The van der Waals surface area contributed by atoms with Crippen LogP contribution >= 0.6 is 0 Å². The zero-order valence-electron chi connectivity index (χ0n) is 18.8. The minimum Gasteiger partial charge on any atom is -0.506 e. The molecule has 2 aromatic heterocycles. The molecule has 2 heterocycles. The summed E-state index contributed by atoms with van der Waals surface area (Å²) in [5, 5.41) is 9.48. The number of aliphatic hydroxyl groups excluding tert-OH is 1. The Bertz CT molecular complexity index is 957. The van der Waals surface area contributed by atoms with Gasteiger partial charge in [0, 0.05) is 32.3 Å². The number of aromatic nitrogens is 2. The number of ether oxygens (including phenoxy) is 2. The van der Waals surface area contributed by atoms with Crippen molar-refractivity contribution in [2.24, 2.45) is 0 Å². The molecule has 0 aliphatic rings. The average molecular weight is 458 g/mol. The molecule has 176 valence electrons. The predicted octanol–water partition coefficient (Wildman–Crippen LogP) is 2.54. The van der Waals surface area contributed by atoms with Gasteiger partial charge in [-0.3, -0.25) is 24.4 Å². The molecule has 0 radical (unpaired) electrons. The van der Waals surface area contributed by atoms with Crippen LogP contribution in [0.2, 0.25) is 0 Å². The molecule has 1 N–H and O–H groups in total. The molecule has 0 saturated heterocycles. The Morgan fingerprint density at radius 3 is 1.64 bits per heavy atom. The number of ketones is 3. The minimum atomic E-state index is -0.995. The van der Waals surface area contributed by atoms with Crippen molar-refractivity contribution in [2.75, 3.05) is 13.2 Å². The second-order valence-corrected chi connectivity index (χ2v) is 5.88. The smallest absolute Gasteiger partial charge is 0.379 e. The van der Waals surface area contributed by atoms with Gasteiger partial charge in [-0.05, 0) is 38.1 Å². The van der Waals surface area contributed by atoms with Gasteiger partial charge in [-0.25, -0.2) is 9.59 Å². The van der Waals surface area contributed by atoms with E-state index in [-0.39, 0.29) is 30.5 Å². The zero-order chi connectivity index (χ0) is 25.2. The second-order valence-electron chi connectivity index (χ2n) is 5.88. The Morgan fingerprint density at radius 1 is 0.818 bits per heavy atom. The molecule has 0 unspecified atom stereocenters. The Kier molecular flexibility index (Phi) is 14.4. The highest BCUT2D eigenvalue weighted by atomic mass is 16.5. The van der Waals surface area contributed by atoms with Gasteiger partial charge in [0.25, 0.3) is 5.78 Å². The molecule has 2 rings (SSSR count). The van der Waals surface area contributed by atoms with E-state index in [0.717, 1.165) is 6.08 Å². The molecule has 0 fully saturated rings. The molecule has 33 heavy (non-hydrogen) atoms. The number of esters is 2. The summed E-state index contributed by atoms with van der Waals surface area (Å²) in [7, 11) is 0. The highest BCUT2D eigenvalue weighted by molar-refractivity contribution is 6.39. The number of Topliss-reactive ketones (excluding diaryl/α,β-unsaturated/α-hetero) is 2. The Hall–Kier alpha value is -4.21. The van der Waals surface area contributed by atoms with E-state index in [2.05, 4.69) is 19.4 Å². The Balaban J connectivity index is 0.000000511. The van der Waals surface area contributed by atoms with E-state index in [1.165, 1.54) is 26.1 Å². The normalized spacial score (nSPS) is 9.76. The van der Waals surface area contributed by atoms with Gasteiger partial charge in [-0.2, -0.15) is 0 Å². The van der Waals surface area contributed by atoms with Gasteiger partial charge in [0.2, 0.25) is 5.78 Å². The maximum atomic E-state index is 11.2. The van der Waals surface area contributed by atoms with Crippen molar-refractivity contribution in [1.82, 2.24) is 9.97 Å². The summed E-state index contributed by atoms with van der Waals surface area (Å²) in [4.78, 5) is 60.6. The number of carbonyl (C=O) groups excluding carboxylic acids is 5. The van der Waals surface area contributed by atoms with Gasteiger partial charge in [0.15, 0.2) is 5.78 Å². The first-order valence-electron chi connectivity index (χ1n) is 9.76.